The first kappa shape index (κ1) is 25.5. The molecule has 0 fully saturated rings. The fourth-order valence-electron chi connectivity index (χ4n) is 3.30. The minimum absolute atomic E-state index is 0.00590. The number of Topliss-reactive ketones (excluding diaryl/α,β-unsaturated/α-hetero) is 1. The number of carbonyl (C=O) groups excluding carboxylic acids is 4. The summed E-state index contributed by atoms with van der Waals surface area (Å²) in [5, 5.41) is 6.31. The molecule has 0 aliphatic rings. The second kappa shape index (κ2) is 10.7. The highest BCUT2D eigenvalue weighted by molar-refractivity contribution is 7.80. The lowest BCUT2D eigenvalue weighted by Crippen LogP contribution is -2.57. The van der Waals surface area contributed by atoms with Crippen molar-refractivity contribution in [2.24, 2.45) is 11.3 Å². The molecule has 1 aromatic heterocycles. The Hall–Kier alpha value is -2.81. The highest BCUT2D eigenvalue weighted by atomic mass is 32.1. The fourth-order valence-corrected chi connectivity index (χ4v) is 3.66. The fraction of sp³-hybridized carbons (Fsp3) is 0.478. The number of benzene rings is 1. The molecule has 0 saturated heterocycles. The van der Waals surface area contributed by atoms with Crippen LogP contribution in [-0.2, 0) is 30.3 Å². The van der Waals surface area contributed by atoms with E-state index in [4.69, 9.17) is 4.74 Å². The van der Waals surface area contributed by atoms with Crippen LogP contribution in [0.15, 0.2) is 30.5 Å². The minimum Gasteiger partial charge on any atom is -0.467 e. The summed E-state index contributed by atoms with van der Waals surface area (Å²) in [5.74, 6) is -2.34. The van der Waals surface area contributed by atoms with E-state index in [0.717, 1.165) is 16.5 Å². The summed E-state index contributed by atoms with van der Waals surface area (Å²) in [7, 11) is 1.25. The van der Waals surface area contributed by atoms with E-state index in [1.807, 2.05) is 24.3 Å². The maximum atomic E-state index is 13.1. The van der Waals surface area contributed by atoms with Crippen molar-refractivity contribution in [3.8, 4) is 0 Å². The highest BCUT2D eigenvalue weighted by Gasteiger charge is 2.40. The number of rotatable bonds is 10. The van der Waals surface area contributed by atoms with Crippen molar-refractivity contribution in [1.29, 1.82) is 0 Å². The molecule has 3 N–H and O–H groups in total. The number of aromatic amines is 1. The summed E-state index contributed by atoms with van der Waals surface area (Å²) in [6.07, 6.45) is 2.00. The zero-order valence-corrected chi connectivity index (χ0v) is 19.9. The van der Waals surface area contributed by atoms with Gasteiger partial charge in [-0.3, -0.25) is 14.4 Å². The predicted octanol–water partition coefficient (Wildman–Crippen LogP) is 2.03. The molecule has 32 heavy (non-hydrogen) atoms. The third-order valence-corrected chi connectivity index (χ3v) is 6.36. The Kier molecular flexibility index (Phi) is 8.49. The average molecular weight is 462 g/mol. The van der Waals surface area contributed by atoms with Gasteiger partial charge < -0.3 is 20.4 Å². The number of ether oxygens (including phenoxy) is 1. The molecule has 3 atom stereocenters. The van der Waals surface area contributed by atoms with Crippen molar-refractivity contribution in [3.05, 3.63) is 36.0 Å². The first-order chi connectivity index (χ1) is 15.0. The lowest BCUT2D eigenvalue weighted by molar-refractivity contribution is -0.145. The normalized spacial score (nSPS) is 15.0. The van der Waals surface area contributed by atoms with Crippen LogP contribution < -0.4 is 10.6 Å². The van der Waals surface area contributed by atoms with Crippen molar-refractivity contribution in [2.75, 3.05) is 12.9 Å². The largest absolute Gasteiger partial charge is 0.467 e. The standard InChI is InChI=1S/C23H31N3O5S/c1-13(2)19(26-22(30)23(4,12-32)14(3)27)20(28)25-18(21(29)31-5)10-15-11-24-17-9-7-6-8-16(15)17/h6-9,11,13,18-19,24,32H,10,12H2,1-5H3,(H,25,28)(H,26,30)/t18?,19?,23-/m0/s1. The van der Waals surface area contributed by atoms with Gasteiger partial charge in [0, 0.05) is 29.3 Å². The lowest BCUT2D eigenvalue weighted by Gasteiger charge is -2.29. The molecule has 2 aromatic rings. The van der Waals surface area contributed by atoms with Crippen LogP contribution in [0.4, 0.5) is 0 Å². The number of methoxy groups -OCH3 is 1. The smallest absolute Gasteiger partial charge is 0.328 e. The molecule has 0 aliphatic heterocycles. The molecule has 8 nitrogen and oxygen atoms in total. The van der Waals surface area contributed by atoms with Crippen molar-refractivity contribution >= 4 is 47.1 Å². The van der Waals surface area contributed by atoms with Crippen LogP contribution in [0, 0.1) is 11.3 Å². The van der Waals surface area contributed by atoms with Crippen molar-refractivity contribution in [1.82, 2.24) is 15.6 Å². The van der Waals surface area contributed by atoms with Gasteiger partial charge in [0.25, 0.3) is 0 Å². The molecular formula is C23H31N3O5S. The third kappa shape index (κ3) is 5.51. The van der Waals surface area contributed by atoms with E-state index < -0.39 is 35.3 Å². The third-order valence-electron chi connectivity index (χ3n) is 5.73. The first-order valence-electron chi connectivity index (χ1n) is 10.4. The van der Waals surface area contributed by atoms with E-state index in [9.17, 15) is 19.2 Å². The molecular weight excluding hydrogens is 430 g/mol. The van der Waals surface area contributed by atoms with Crippen LogP contribution in [0.1, 0.15) is 33.3 Å². The maximum absolute atomic E-state index is 13.1. The molecule has 0 radical (unpaired) electrons. The number of thiol groups is 1. The van der Waals surface area contributed by atoms with E-state index in [1.165, 1.54) is 21.0 Å². The molecule has 9 heteroatoms. The van der Waals surface area contributed by atoms with Gasteiger partial charge in [-0.1, -0.05) is 32.0 Å². The molecule has 0 spiro atoms. The van der Waals surface area contributed by atoms with Crippen LogP contribution in [0.3, 0.4) is 0 Å². The van der Waals surface area contributed by atoms with E-state index in [0.29, 0.717) is 0 Å². The summed E-state index contributed by atoms with van der Waals surface area (Å²) in [5.41, 5.74) is 0.406. The number of hydrogen-bond donors (Lipinski definition) is 4. The monoisotopic (exact) mass is 461 g/mol. The zero-order valence-electron chi connectivity index (χ0n) is 19.0. The van der Waals surface area contributed by atoms with Crippen LogP contribution in [0.2, 0.25) is 0 Å². The molecule has 2 amide bonds. The number of hydrogen-bond acceptors (Lipinski definition) is 6. The Labute approximate surface area is 193 Å². The highest BCUT2D eigenvalue weighted by Crippen LogP contribution is 2.22. The van der Waals surface area contributed by atoms with Crippen molar-refractivity contribution < 1.29 is 23.9 Å². The van der Waals surface area contributed by atoms with E-state index >= 15 is 0 Å². The molecule has 0 aliphatic carbocycles. The molecule has 174 valence electrons. The quantitative estimate of drug-likeness (QED) is 0.245. The van der Waals surface area contributed by atoms with Gasteiger partial charge in [0.15, 0.2) is 0 Å². The number of ketones is 1. The molecule has 0 saturated carbocycles. The van der Waals surface area contributed by atoms with Gasteiger partial charge in [-0.05, 0) is 31.4 Å². The van der Waals surface area contributed by atoms with Crippen LogP contribution in [0.25, 0.3) is 10.9 Å². The Morgan fingerprint density at radius 3 is 2.38 bits per heavy atom. The van der Waals surface area contributed by atoms with Gasteiger partial charge in [-0.15, -0.1) is 0 Å². The summed E-state index contributed by atoms with van der Waals surface area (Å²) in [6.45, 7) is 6.34. The maximum Gasteiger partial charge on any atom is 0.328 e. The Morgan fingerprint density at radius 1 is 1.16 bits per heavy atom. The second-order valence-corrected chi connectivity index (χ2v) is 8.71. The zero-order chi connectivity index (χ0) is 24.1. The Bertz CT molecular complexity index is 1000. The summed E-state index contributed by atoms with van der Waals surface area (Å²) < 4.78 is 4.89. The van der Waals surface area contributed by atoms with Gasteiger partial charge in [0.05, 0.1) is 7.11 Å². The van der Waals surface area contributed by atoms with E-state index in [2.05, 4.69) is 28.2 Å². The first-order valence-corrected chi connectivity index (χ1v) is 11.0. The number of amides is 2. The topological polar surface area (TPSA) is 117 Å². The van der Waals surface area contributed by atoms with Gasteiger partial charge >= 0.3 is 5.97 Å². The number of aromatic nitrogens is 1. The molecule has 0 bridgehead atoms. The SMILES string of the molecule is COC(=O)C(Cc1c[nH]c2ccccc12)NC(=O)C(NC(=O)[C@@](C)(CS)C(C)=O)C(C)C. The average Bonchev–Trinajstić information content (AvgIpc) is 3.17. The number of carbonyl (C=O) groups is 4. The van der Waals surface area contributed by atoms with Crippen LogP contribution in [0.5, 0.6) is 0 Å². The van der Waals surface area contributed by atoms with Gasteiger partial charge in [-0.25, -0.2) is 4.79 Å². The molecule has 1 aromatic carbocycles. The molecule has 2 unspecified atom stereocenters. The number of esters is 1. The number of fused-ring (bicyclic) bond motifs is 1. The van der Waals surface area contributed by atoms with Crippen molar-refractivity contribution in [3.63, 3.8) is 0 Å². The predicted molar refractivity (Wildman–Crippen MR) is 125 cm³/mol. The number of nitrogens with one attached hydrogen (secondary N) is 3. The van der Waals surface area contributed by atoms with Crippen LogP contribution in [-0.4, -0.2) is 53.5 Å². The minimum atomic E-state index is -1.36. The van der Waals surface area contributed by atoms with Crippen molar-refractivity contribution in [2.45, 2.75) is 46.2 Å². The molecule has 2 rings (SSSR count). The van der Waals surface area contributed by atoms with Gasteiger partial charge in [-0.2, -0.15) is 12.6 Å². The number of para-hydroxylation sites is 1. The van der Waals surface area contributed by atoms with Gasteiger partial charge in [0.2, 0.25) is 11.8 Å². The lowest BCUT2D eigenvalue weighted by atomic mass is 9.86. The van der Waals surface area contributed by atoms with E-state index in [-0.39, 0.29) is 23.9 Å². The number of H-pyrrole nitrogens is 1. The van der Waals surface area contributed by atoms with Gasteiger partial charge in [0.1, 0.15) is 23.3 Å². The second-order valence-electron chi connectivity index (χ2n) is 8.39. The summed E-state index contributed by atoms with van der Waals surface area (Å²) >= 11 is 4.13. The Balaban J connectivity index is 2.23. The van der Waals surface area contributed by atoms with E-state index in [1.54, 1.807) is 20.0 Å². The Morgan fingerprint density at radius 2 is 1.81 bits per heavy atom. The summed E-state index contributed by atoms with van der Waals surface area (Å²) in [4.78, 5) is 53.4. The summed E-state index contributed by atoms with van der Waals surface area (Å²) in [6, 6.07) is 5.74. The van der Waals surface area contributed by atoms with Crippen LogP contribution >= 0.6 is 12.6 Å². The molecule has 1 heterocycles.